The van der Waals surface area contributed by atoms with Crippen LogP contribution in [0.4, 0.5) is 0 Å². The van der Waals surface area contributed by atoms with Gasteiger partial charge in [0.2, 0.25) is 0 Å². The van der Waals surface area contributed by atoms with Gasteiger partial charge in [-0.05, 0) is 76.0 Å². The summed E-state index contributed by atoms with van der Waals surface area (Å²) in [6, 6.07) is 6.56. The molecule has 2 rings (SSSR count). The number of benzene rings is 1. The summed E-state index contributed by atoms with van der Waals surface area (Å²) in [5.41, 5.74) is 4.18. The molecular weight excluding hydrogens is 268 g/mol. The Balaban J connectivity index is 1.81. The molecule has 22 heavy (non-hydrogen) atoms. The van der Waals surface area contributed by atoms with E-state index >= 15 is 0 Å². The number of likely N-dealkylation sites (tertiary alicyclic amines) is 1. The van der Waals surface area contributed by atoms with Gasteiger partial charge in [-0.25, -0.2) is 0 Å². The molecule has 0 bridgehead atoms. The first-order valence-corrected chi connectivity index (χ1v) is 8.75. The highest BCUT2D eigenvalue weighted by molar-refractivity contribution is 5.57. The summed E-state index contributed by atoms with van der Waals surface area (Å²) < 4.78 is 0. The van der Waals surface area contributed by atoms with Crippen LogP contribution in [-0.2, 0) is 0 Å². The molecule has 0 aliphatic carbocycles. The molecule has 0 aromatic heterocycles. The van der Waals surface area contributed by atoms with E-state index in [1.807, 2.05) is 0 Å². The second-order valence-electron chi connectivity index (χ2n) is 6.74. The Labute approximate surface area is 136 Å². The maximum absolute atomic E-state index is 2.62. The first-order chi connectivity index (χ1) is 10.6. The second-order valence-corrected chi connectivity index (χ2v) is 6.74. The van der Waals surface area contributed by atoms with Crippen LogP contribution >= 0.6 is 0 Å². The van der Waals surface area contributed by atoms with Crippen molar-refractivity contribution in [3.63, 3.8) is 0 Å². The highest BCUT2D eigenvalue weighted by atomic mass is 15.2. The number of rotatable bonds is 6. The molecule has 0 amide bonds. The summed E-state index contributed by atoms with van der Waals surface area (Å²) in [7, 11) is 2.21. The molecule has 2 nitrogen and oxygen atoms in total. The lowest BCUT2D eigenvalue weighted by Crippen LogP contribution is -2.38. The Kier molecular flexibility index (Phi) is 6.66. The summed E-state index contributed by atoms with van der Waals surface area (Å²) in [6.07, 6.45) is 7.41. The van der Waals surface area contributed by atoms with Gasteiger partial charge in [-0.2, -0.15) is 0 Å². The molecule has 1 saturated heterocycles. The van der Waals surface area contributed by atoms with Gasteiger partial charge in [0.05, 0.1) is 0 Å². The molecule has 1 aliphatic rings. The average Bonchev–Trinajstić information content (AvgIpc) is 2.53. The SMILES string of the molecule is CCN(C)CCN1CCC(C=Cc2c(C)cccc2C)CC1. The van der Waals surface area contributed by atoms with Gasteiger partial charge >= 0.3 is 0 Å². The molecule has 1 heterocycles. The topological polar surface area (TPSA) is 6.48 Å². The Morgan fingerprint density at radius 1 is 1.18 bits per heavy atom. The Hall–Kier alpha value is -1.12. The van der Waals surface area contributed by atoms with E-state index in [0.717, 1.165) is 12.5 Å². The highest BCUT2D eigenvalue weighted by Crippen LogP contribution is 2.21. The number of aryl methyl sites for hydroxylation is 2. The predicted octanol–water partition coefficient (Wildman–Crippen LogP) is 3.98. The second kappa shape index (κ2) is 8.50. The molecule has 0 radical (unpaired) electrons. The summed E-state index contributed by atoms with van der Waals surface area (Å²) in [6.45, 7) is 12.7. The molecule has 1 aliphatic heterocycles. The largest absolute Gasteiger partial charge is 0.305 e. The summed E-state index contributed by atoms with van der Waals surface area (Å²) >= 11 is 0. The van der Waals surface area contributed by atoms with Gasteiger partial charge in [0, 0.05) is 13.1 Å². The molecule has 0 N–H and O–H groups in total. The third kappa shape index (κ3) is 4.96. The third-order valence-corrected chi connectivity index (χ3v) is 5.05. The molecule has 122 valence electrons. The van der Waals surface area contributed by atoms with Crippen molar-refractivity contribution in [2.45, 2.75) is 33.6 Å². The van der Waals surface area contributed by atoms with E-state index in [0.29, 0.717) is 0 Å². The van der Waals surface area contributed by atoms with Crippen LogP contribution in [0.15, 0.2) is 24.3 Å². The molecule has 2 heteroatoms. The van der Waals surface area contributed by atoms with E-state index in [-0.39, 0.29) is 0 Å². The van der Waals surface area contributed by atoms with E-state index in [1.165, 1.54) is 55.7 Å². The number of hydrogen-bond donors (Lipinski definition) is 0. The van der Waals surface area contributed by atoms with Crippen molar-refractivity contribution < 1.29 is 0 Å². The fourth-order valence-corrected chi connectivity index (χ4v) is 3.16. The van der Waals surface area contributed by atoms with Crippen molar-refractivity contribution in [3.8, 4) is 0 Å². The van der Waals surface area contributed by atoms with Crippen molar-refractivity contribution in [1.29, 1.82) is 0 Å². The summed E-state index contributed by atoms with van der Waals surface area (Å²) in [5, 5.41) is 0. The molecule has 0 spiro atoms. The lowest BCUT2D eigenvalue weighted by Gasteiger charge is -2.31. The molecule has 0 atom stereocenters. The minimum atomic E-state index is 0.749. The summed E-state index contributed by atoms with van der Waals surface area (Å²) in [4.78, 5) is 5.02. The smallest absolute Gasteiger partial charge is 0.0109 e. The maximum atomic E-state index is 2.62. The van der Waals surface area contributed by atoms with Crippen LogP contribution in [0.25, 0.3) is 6.08 Å². The number of likely N-dealkylation sites (N-methyl/N-ethyl adjacent to an activating group) is 1. The van der Waals surface area contributed by atoms with Crippen LogP contribution in [0.5, 0.6) is 0 Å². The van der Waals surface area contributed by atoms with Gasteiger partial charge in [0.25, 0.3) is 0 Å². The number of hydrogen-bond acceptors (Lipinski definition) is 2. The fraction of sp³-hybridized carbons (Fsp3) is 0.600. The lowest BCUT2D eigenvalue weighted by atomic mass is 9.94. The van der Waals surface area contributed by atoms with E-state index in [2.05, 4.69) is 68.0 Å². The number of allylic oxidation sites excluding steroid dienone is 1. The molecule has 0 saturated carbocycles. The van der Waals surface area contributed by atoms with E-state index in [9.17, 15) is 0 Å². The van der Waals surface area contributed by atoms with Crippen LogP contribution in [0.1, 0.15) is 36.5 Å². The van der Waals surface area contributed by atoms with Crippen LogP contribution in [0.2, 0.25) is 0 Å². The Bertz CT molecular complexity index is 464. The molecule has 1 aromatic rings. The van der Waals surface area contributed by atoms with Crippen LogP contribution in [-0.4, -0.2) is 49.6 Å². The standard InChI is InChI=1S/C20H32N2/c1-5-21(4)15-16-22-13-11-19(12-14-22)9-10-20-17(2)7-6-8-18(20)3/h6-10,19H,5,11-16H2,1-4H3. The van der Waals surface area contributed by atoms with E-state index in [4.69, 9.17) is 0 Å². The van der Waals surface area contributed by atoms with Gasteiger partial charge in [0.15, 0.2) is 0 Å². The number of piperidine rings is 1. The van der Waals surface area contributed by atoms with E-state index < -0.39 is 0 Å². The first kappa shape index (κ1) is 17.2. The van der Waals surface area contributed by atoms with Gasteiger partial charge < -0.3 is 9.80 Å². The summed E-state index contributed by atoms with van der Waals surface area (Å²) in [5.74, 6) is 0.749. The molecule has 1 fully saturated rings. The Morgan fingerprint density at radius 3 is 2.41 bits per heavy atom. The van der Waals surface area contributed by atoms with Crippen LogP contribution in [0.3, 0.4) is 0 Å². The fourth-order valence-electron chi connectivity index (χ4n) is 3.16. The molecule has 0 unspecified atom stereocenters. The predicted molar refractivity (Wildman–Crippen MR) is 97.3 cm³/mol. The normalized spacial score (nSPS) is 17.7. The van der Waals surface area contributed by atoms with Gasteiger partial charge in [0.1, 0.15) is 0 Å². The van der Waals surface area contributed by atoms with Crippen molar-refractivity contribution in [3.05, 3.63) is 41.0 Å². The lowest BCUT2D eigenvalue weighted by molar-refractivity contribution is 0.181. The highest BCUT2D eigenvalue weighted by Gasteiger charge is 2.17. The monoisotopic (exact) mass is 300 g/mol. The maximum Gasteiger partial charge on any atom is 0.0109 e. The van der Waals surface area contributed by atoms with Gasteiger partial charge in [-0.15, -0.1) is 0 Å². The van der Waals surface area contributed by atoms with E-state index in [1.54, 1.807) is 0 Å². The van der Waals surface area contributed by atoms with Crippen molar-refractivity contribution in [2.75, 3.05) is 39.8 Å². The third-order valence-electron chi connectivity index (χ3n) is 5.05. The zero-order valence-corrected chi connectivity index (χ0v) is 14.8. The number of nitrogens with zero attached hydrogens (tertiary/aromatic N) is 2. The van der Waals surface area contributed by atoms with Gasteiger partial charge in [-0.3, -0.25) is 0 Å². The van der Waals surface area contributed by atoms with Crippen molar-refractivity contribution >= 4 is 6.08 Å². The van der Waals surface area contributed by atoms with Crippen molar-refractivity contribution in [2.24, 2.45) is 5.92 Å². The van der Waals surface area contributed by atoms with Crippen molar-refractivity contribution in [1.82, 2.24) is 9.80 Å². The van der Waals surface area contributed by atoms with Crippen LogP contribution in [0, 0.1) is 19.8 Å². The molecular formula is C20H32N2. The first-order valence-electron chi connectivity index (χ1n) is 8.75. The van der Waals surface area contributed by atoms with Crippen LogP contribution < -0.4 is 0 Å². The Morgan fingerprint density at radius 2 is 1.82 bits per heavy atom. The zero-order valence-electron chi connectivity index (χ0n) is 14.8. The minimum Gasteiger partial charge on any atom is -0.305 e. The average molecular weight is 300 g/mol. The molecule has 1 aromatic carbocycles. The zero-order chi connectivity index (χ0) is 15.9. The minimum absolute atomic E-state index is 0.749. The quantitative estimate of drug-likeness (QED) is 0.784. The van der Waals surface area contributed by atoms with Gasteiger partial charge in [-0.1, -0.05) is 37.3 Å².